The van der Waals surface area contributed by atoms with Gasteiger partial charge in [-0.05, 0) is 47.1 Å². The molecule has 0 radical (unpaired) electrons. The van der Waals surface area contributed by atoms with Crippen LogP contribution in [-0.2, 0) is 11.3 Å². The number of aromatic amines is 1. The topological polar surface area (TPSA) is 88.1 Å². The first-order chi connectivity index (χ1) is 12.5. The second kappa shape index (κ2) is 7.65. The Bertz CT molecular complexity index is 1060. The van der Waals surface area contributed by atoms with E-state index in [9.17, 15) is 14.4 Å². The van der Waals surface area contributed by atoms with Crippen molar-refractivity contribution in [1.29, 1.82) is 0 Å². The van der Waals surface area contributed by atoms with Gasteiger partial charge in [0.1, 0.15) is 5.82 Å². The summed E-state index contributed by atoms with van der Waals surface area (Å²) in [4.78, 5) is 42.9. The number of fused-ring (bicyclic) bond motifs is 1. The summed E-state index contributed by atoms with van der Waals surface area (Å²) in [5, 5.41) is 3.21. The zero-order valence-corrected chi connectivity index (χ0v) is 15.7. The van der Waals surface area contributed by atoms with Gasteiger partial charge in [-0.25, -0.2) is 9.67 Å². The molecule has 0 bridgehead atoms. The number of amides is 1. The number of anilines is 1. The maximum Gasteiger partial charge on any atom is 0.273 e. The summed E-state index contributed by atoms with van der Waals surface area (Å²) in [6.45, 7) is 2.40. The van der Waals surface area contributed by atoms with E-state index in [-0.39, 0.29) is 30.0 Å². The molecule has 0 aliphatic rings. The number of halogens is 1. The molecule has 2 heterocycles. The zero-order chi connectivity index (χ0) is 18.7. The molecule has 0 unspecified atom stereocenters. The lowest BCUT2D eigenvalue weighted by atomic mass is 10.2. The van der Waals surface area contributed by atoms with Gasteiger partial charge in [0, 0.05) is 23.6 Å². The average molecular weight is 417 g/mol. The van der Waals surface area contributed by atoms with Gasteiger partial charge in [0.25, 0.3) is 11.1 Å². The molecule has 8 heteroatoms. The first-order valence-electron chi connectivity index (χ1n) is 8.15. The Morgan fingerprint density at radius 3 is 2.58 bits per heavy atom. The second-order valence-electron chi connectivity index (χ2n) is 5.67. The number of nitrogens with one attached hydrogen (secondary N) is 1. The number of nitrogens with zero attached hydrogens (tertiary/aromatic N) is 3. The number of H-pyrrole nitrogens is 1. The van der Waals surface area contributed by atoms with Crippen LogP contribution in [0.3, 0.4) is 0 Å². The number of benzene rings is 1. The molecule has 0 fully saturated rings. The normalized spacial score (nSPS) is 10.8. The van der Waals surface area contributed by atoms with Crippen LogP contribution in [0.25, 0.3) is 10.8 Å². The summed E-state index contributed by atoms with van der Waals surface area (Å²) in [7, 11) is 0. The van der Waals surface area contributed by atoms with E-state index in [1.807, 2.05) is 13.0 Å². The van der Waals surface area contributed by atoms with Crippen LogP contribution in [0, 0.1) is 0 Å². The molecule has 0 saturated carbocycles. The first kappa shape index (κ1) is 18.1. The Morgan fingerprint density at radius 1 is 1.19 bits per heavy atom. The second-order valence-corrected chi connectivity index (χ2v) is 6.58. The quantitative estimate of drug-likeness (QED) is 0.690. The number of aromatic nitrogens is 3. The van der Waals surface area contributed by atoms with Crippen molar-refractivity contribution in [3.63, 3.8) is 0 Å². The average Bonchev–Trinajstić information content (AvgIpc) is 2.65. The molecule has 0 spiro atoms. The van der Waals surface area contributed by atoms with E-state index >= 15 is 0 Å². The standard InChI is InChI=1S/C18H17BrN4O3/c1-2-22(15-8-7-12(19)11-20-15)16(24)9-10-23-18(26)14-6-4-3-5-13(14)17(25)21-23/h3-8,11H,2,9-10H2,1H3,(H,21,25). The van der Waals surface area contributed by atoms with Gasteiger partial charge in [-0.3, -0.25) is 24.4 Å². The molecule has 7 nitrogen and oxygen atoms in total. The van der Waals surface area contributed by atoms with Gasteiger partial charge in [-0.1, -0.05) is 12.1 Å². The maximum atomic E-state index is 12.6. The zero-order valence-electron chi connectivity index (χ0n) is 14.1. The summed E-state index contributed by atoms with van der Waals surface area (Å²) in [5.41, 5.74) is -0.674. The van der Waals surface area contributed by atoms with Crippen LogP contribution < -0.4 is 16.0 Å². The van der Waals surface area contributed by atoms with Crippen LogP contribution in [0.4, 0.5) is 5.82 Å². The van der Waals surface area contributed by atoms with E-state index in [0.29, 0.717) is 23.1 Å². The van der Waals surface area contributed by atoms with E-state index in [0.717, 1.165) is 4.47 Å². The highest BCUT2D eigenvalue weighted by Crippen LogP contribution is 2.15. The minimum atomic E-state index is -0.352. The molecule has 0 saturated heterocycles. The molecule has 1 aromatic carbocycles. The summed E-state index contributed by atoms with van der Waals surface area (Å²) in [6, 6.07) is 10.2. The Labute approximate surface area is 157 Å². The van der Waals surface area contributed by atoms with Crippen molar-refractivity contribution in [3.05, 3.63) is 67.8 Å². The summed E-state index contributed by atoms with van der Waals surface area (Å²) >= 11 is 3.31. The van der Waals surface area contributed by atoms with Gasteiger partial charge in [0.2, 0.25) is 5.91 Å². The highest BCUT2D eigenvalue weighted by molar-refractivity contribution is 9.10. The fourth-order valence-corrected chi connectivity index (χ4v) is 2.97. The Hall–Kier alpha value is -2.74. The van der Waals surface area contributed by atoms with Crippen LogP contribution in [0.5, 0.6) is 0 Å². The Morgan fingerprint density at radius 2 is 1.92 bits per heavy atom. The maximum absolute atomic E-state index is 12.6. The van der Waals surface area contributed by atoms with E-state index in [1.54, 1.807) is 36.5 Å². The Kier molecular flexibility index (Phi) is 5.32. The molecule has 0 atom stereocenters. The summed E-state index contributed by atoms with van der Waals surface area (Å²) < 4.78 is 2.01. The molecule has 1 N–H and O–H groups in total. The number of carbonyl (C=O) groups is 1. The SMILES string of the molecule is CCN(C(=O)CCn1[nH]c(=O)c2ccccc2c1=O)c1ccc(Br)cn1. The van der Waals surface area contributed by atoms with Crippen LogP contribution in [0.2, 0.25) is 0 Å². The minimum Gasteiger partial charge on any atom is -0.297 e. The Balaban J connectivity index is 1.82. The van der Waals surface area contributed by atoms with Crippen molar-refractivity contribution in [2.24, 2.45) is 0 Å². The molecule has 1 amide bonds. The molecular weight excluding hydrogens is 400 g/mol. The smallest absolute Gasteiger partial charge is 0.273 e. The van der Waals surface area contributed by atoms with Crippen LogP contribution in [-0.4, -0.2) is 27.2 Å². The van der Waals surface area contributed by atoms with Gasteiger partial charge < -0.3 is 0 Å². The van der Waals surface area contributed by atoms with E-state index in [4.69, 9.17) is 0 Å². The number of rotatable bonds is 5. The van der Waals surface area contributed by atoms with Crippen molar-refractivity contribution >= 4 is 38.4 Å². The lowest BCUT2D eigenvalue weighted by Crippen LogP contribution is -2.35. The van der Waals surface area contributed by atoms with E-state index < -0.39 is 0 Å². The number of hydrogen-bond acceptors (Lipinski definition) is 4. The third kappa shape index (κ3) is 3.60. The third-order valence-corrected chi connectivity index (χ3v) is 4.51. The molecule has 0 aliphatic carbocycles. The predicted molar refractivity (Wildman–Crippen MR) is 103 cm³/mol. The lowest BCUT2D eigenvalue weighted by Gasteiger charge is -2.20. The number of aryl methyl sites for hydroxylation is 1. The van der Waals surface area contributed by atoms with Crippen molar-refractivity contribution < 1.29 is 4.79 Å². The highest BCUT2D eigenvalue weighted by atomic mass is 79.9. The predicted octanol–water partition coefficient (Wildman–Crippen LogP) is 2.29. The van der Waals surface area contributed by atoms with Crippen LogP contribution in [0.1, 0.15) is 13.3 Å². The number of hydrogen-bond donors (Lipinski definition) is 1. The number of pyridine rings is 1. The fraction of sp³-hybridized carbons (Fsp3) is 0.222. The molecule has 26 heavy (non-hydrogen) atoms. The monoisotopic (exact) mass is 416 g/mol. The van der Waals surface area contributed by atoms with Crippen LogP contribution in [0.15, 0.2) is 56.7 Å². The van der Waals surface area contributed by atoms with Crippen LogP contribution >= 0.6 is 15.9 Å². The molecule has 3 aromatic rings. The molecule has 134 valence electrons. The lowest BCUT2D eigenvalue weighted by molar-refractivity contribution is -0.118. The van der Waals surface area contributed by atoms with Gasteiger partial charge in [-0.15, -0.1) is 0 Å². The summed E-state index contributed by atoms with van der Waals surface area (Å²) in [6.07, 6.45) is 1.69. The van der Waals surface area contributed by atoms with E-state index in [2.05, 4.69) is 26.0 Å². The third-order valence-electron chi connectivity index (χ3n) is 4.04. The minimum absolute atomic E-state index is 0.0692. The largest absolute Gasteiger partial charge is 0.297 e. The molecule has 2 aromatic heterocycles. The molecule has 0 aliphatic heterocycles. The first-order valence-corrected chi connectivity index (χ1v) is 8.94. The molecule has 3 rings (SSSR count). The van der Waals surface area contributed by atoms with Crippen molar-refractivity contribution in [1.82, 2.24) is 14.8 Å². The summed E-state index contributed by atoms with van der Waals surface area (Å²) in [5.74, 6) is 0.364. The van der Waals surface area contributed by atoms with Crippen molar-refractivity contribution in [3.8, 4) is 0 Å². The molecular formula is C18H17BrN4O3. The highest BCUT2D eigenvalue weighted by Gasteiger charge is 2.16. The van der Waals surface area contributed by atoms with Gasteiger partial charge >= 0.3 is 0 Å². The van der Waals surface area contributed by atoms with Gasteiger partial charge in [0.05, 0.1) is 17.3 Å². The van der Waals surface area contributed by atoms with Crippen molar-refractivity contribution in [2.75, 3.05) is 11.4 Å². The van der Waals surface area contributed by atoms with Crippen molar-refractivity contribution in [2.45, 2.75) is 19.9 Å². The van der Waals surface area contributed by atoms with Gasteiger partial charge in [0.15, 0.2) is 0 Å². The number of carbonyl (C=O) groups excluding carboxylic acids is 1. The van der Waals surface area contributed by atoms with E-state index in [1.165, 1.54) is 9.58 Å². The fourth-order valence-electron chi connectivity index (χ4n) is 2.74. The van der Waals surface area contributed by atoms with Gasteiger partial charge in [-0.2, -0.15) is 0 Å².